The standard InChI is InChI=1S/C17H29NO2STe/c1-5-6-11-22-13-16(12-14(2)3)18-21(19,20)17-9-7-15(4)8-10-17/h7-10,14,16,18H,5-6,11-13H2,1-4H3/t16-/m0/s1. The van der Waals surface area contributed by atoms with Crippen LogP contribution in [-0.4, -0.2) is 35.4 Å². The van der Waals surface area contributed by atoms with Gasteiger partial charge in [-0.15, -0.1) is 0 Å². The summed E-state index contributed by atoms with van der Waals surface area (Å²) in [5.41, 5.74) is 1.07. The summed E-state index contributed by atoms with van der Waals surface area (Å²) in [6.07, 6.45) is 3.43. The van der Waals surface area contributed by atoms with Crippen molar-refractivity contribution >= 4 is 30.9 Å². The molecule has 0 bridgehead atoms. The average molecular weight is 439 g/mol. The van der Waals surface area contributed by atoms with Gasteiger partial charge in [0, 0.05) is 0 Å². The fourth-order valence-electron chi connectivity index (χ4n) is 2.20. The van der Waals surface area contributed by atoms with Gasteiger partial charge in [-0.25, -0.2) is 0 Å². The Morgan fingerprint density at radius 1 is 1.18 bits per heavy atom. The van der Waals surface area contributed by atoms with Gasteiger partial charge in [-0.1, -0.05) is 0 Å². The fraction of sp³-hybridized carbons (Fsp3) is 0.647. The van der Waals surface area contributed by atoms with Crippen molar-refractivity contribution in [1.29, 1.82) is 0 Å². The molecule has 1 rings (SSSR count). The number of hydrogen-bond donors (Lipinski definition) is 1. The summed E-state index contributed by atoms with van der Waals surface area (Å²) in [5, 5.41) is 0. The second kappa shape index (κ2) is 9.92. The molecule has 0 aliphatic heterocycles. The number of rotatable bonds is 10. The van der Waals surface area contributed by atoms with E-state index in [-0.39, 0.29) is 27.0 Å². The van der Waals surface area contributed by atoms with E-state index in [1.165, 1.54) is 17.3 Å². The van der Waals surface area contributed by atoms with Crippen LogP contribution in [0.2, 0.25) is 8.94 Å². The maximum atomic E-state index is 12.5. The minimum absolute atomic E-state index is 0.0885. The van der Waals surface area contributed by atoms with Gasteiger partial charge in [0.15, 0.2) is 0 Å². The van der Waals surface area contributed by atoms with Crippen molar-refractivity contribution in [3.63, 3.8) is 0 Å². The zero-order valence-corrected chi connectivity index (χ0v) is 17.3. The van der Waals surface area contributed by atoms with Gasteiger partial charge in [-0.05, 0) is 0 Å². The molecule has 0 unspecified atom stereocenters. The summed E-state index contributed by atoms with van der Waals surface area (Å²) in [5.74, 6) is 0.504. The minimum atomic E-state index is -3.39. The second-order valence-electron chi connectivity index (χ2n) is 6.19. The Hall–Kier alpha value is -0.0804. The summed E-state index contributed by atoms with van der Waals surface area (Å²) in [4.78, 5) is 0.376. The van der Waals surface area contributed by atoms with Crippen molar-refractivity contribution < 1.29 is 8.42 Å². The van der Waals surface area contributed by atoms with Crippen LogP contribution < -0.4 is 4.72 Å². The van der Waals surface area contributed by atoms with E-state index >= 15 is 0 Å². The van der Waals surface area contributed by atoms with Crippen LogP contribution in [0.5, 0.6) is 0 Å². The third-order valence-electron chi connectivity index (χ3n) is 3.37. The molecule has 1 aromatic carbocycles. The van der Waals surface area contributed by atoms with Crippen LogP contribution >= 0.6 is 0 Å². The molecular formula is C17H29NO2STe. The van der Waals surface area contributed by atoms with Crippen molar-refractivity contribution in [2.75, 3.05) is 0 Å². The molecule has 3 nitrogen and oxygen atoms in total. The molecular weight excluding hydrogens is 410 g/mol. The number of benzene rings is 1. The van der Waals surface area contributed by atoms with Gasteiger partial charge in [0.05, 0.1) is 0 Å². The molecule has 22 heavy (non-hydrogen) atoms. The Bertz CT molecular complexity index is 526. The van der Waals surface area contributed by atoms with E-state index in [2.05, 4.69) is 25.5 Å². The van der Waals surface area contributed by atoms with E-state index in [1.807, 2.05) is 19.1 Å². The molecule has 0 amide bonds. The third-order valence-corrected chi connectivity index (χ3v) is 8.38. The number of hydrogen-bond acceptors (Lipinski definition) is 2. The topological polar surface area (TPSA) is 46.2 Å². The van der Waals surface area contributed by atoms with Crippen LogP contribution in [-0.2, 0) is 10.0 Å². The van der Waals surface area contributed by atoms with E-state index in [0.29, 0.717) is 10.8 Å². The van der Waals surface area contributed by atoms with Crippen LogP contribution in [0.3, 0.4) is 0 Å². The third kappa shape index (κ3) is 7.46. The maximum absolute atomic E-state index is 12.5. The Labute approximate surface area is 146 Å². The summed E-state index contributed by atoms with van der Waals surface area (Å²) in [6.45, 7) is 8.47. The fourth-order valence-corrected chi connectivity index (χ4v) is 7.09. The van der Waals surface area contributed by atoms with Crippen LogP contribution in [0, 0.1) is 12.8 Å². The molecule has 126 valence electrons. The van der Waals surface area contributed by atoms with Gasteiger partial charge >= 0.3 is 147 Å². The molecule has 1 N–H and O–H groups in total. The number of aryl methyl sites for hydroxylation is 1. The Morgan fingerprint density at radius 3 is 2.36 bits per heavy atom. The Kier molecular flexibility index (Phi) is 9.01. The predicted octanol–water partition coefficient (Wildman–Crippen LogP) is 4.03. The molecule has 5 heteroatoms. The summed E-state index contributed by atoms with van der Waals surface area (Å²) in [6, 6.07) is 7.17. The Morgan fingerprint density at radius 2 is 1.82 bits per heavy atom. The van der Waals surface area contributed by atoms with Gasteiger partial charge in [0.2, 0.25) is 0 Å². The normalized spacial score (nSPS) is 13.5. The van der Waals surface area contributed by atoms with Crippen LogP contribution in [0.25, 0.3) is 0 Å². The first-order valence-corrected chi connectivity index (χ1v) is 12.8. The SMILES string of the molecule is CCCC[Te]C[C@H](CC(C)C)NS(=O)(=O)c1ccc(C)cc1. The summed E-state index contributed by atoms with van der Waals surface area (Å²) in [7, 11) is -3.39. The molecule has 0 aliphatic rings. The van der Waals surface area contributed by atoms with Gasteiger partial charge in [0.25, 0.3) is 0 Å². The van der Waals surface area contributed by atoms with E-state index in [9.17, 15) is 8.42 Å². The first kappa shape index (κ1) is 20.0. The van der Waals surface area contributed by atoms with Crippen LogP contribution in [0.1, 0.15) is 45.6 Å². The van der Waals surface area contributed by atoms with E-state index in [4.69, 9.17) is 0 Å². The quantitative estimate of drug-likeness (QED) is 0.442. The first-order chi connectivity index (χ1) is 10.3. The van der Waals surface area contributed by atoms with Crippen molar-refractivity contribution in [3.8, 4) is 0 Å². The summed E-state index contributed by atoms with van der Waals surface area (Å²) < 4.78 is 30.4. The molecule has 0 saturated heterocycles. The van der Waals surface area contributed by atoms with Gasteiger partial charge < -0.3 is 0 Å². The van der Waals surface area contributed by atoms with Crippen LogP contribution in [0.4, 0.5) is 0 Å². The number of nitrogens with one attached hydrogen (secondary N) is 1. The molecule has 1 aromatic rings. The average Bonchev–Trinajstić information content (AvgIpc) is 2.43. The molecule has 0 heterocycles. The van der Waals surface area contributed by atoms with E-state index in [0.717, 1.165) is 16.5 Å². The zero-order valence-electron chi connectivity index (χ0n) is 14.1. The molecule has 0 aliphatic carbocycles. The van der Waals surface area contributed by atoms with E-state index < -0.39 is 10.0 Å². The zero-order chi connectivity index (χ0) is 16.6. The van der Waals surface area contributed by atoms with Crippen molar-refractivity contribution in [1.82, 2.24) is 4.72 Å². The molecule has 1 atom stereocenters. The number of unbranched alkanes of at least 4 members (excludes halogenated alkanes) is 1. The van der Waals surface area contributed by atoms with Crippen LogP contribution in [0.15, 0.2) is 29.2 Å². The van der Waals surface area contributed by atoms with Gasteiger partial charge in [-0.3, -0.25) is 0 Å². The second-order valence-corrected chi connectivity index (χ2v) is 11.2. The summed E-state index contributed by atoms with van der Waals surface area (Å²) >= 11 is -0.0918. The first-order valence-electron chi connectivity index (χ1n) is 8.02. The molecule has 0 radical (unpaired) electrons. The van der Waals surface area contributed by atoms with E-state index in [1.54, 1.807) is 12.1 Å². The Balaban J connectivity index is 2.71. The van der Waals surface area contributed by atoms with Crippen molar-refractivity contribution in [2.24, 2.45) is 5.92 Å². The van der Waals surface area contributed by atoms with Gasteiger partial charge in [-0.2, -0.15) is 0 Å². The number of sulfonamides is 1. The molecule has 0 spiro atoms. The predicted molar refractivity (Wildman–Crippen MR) is 95.0 cm³/mol. The molecule has 0 fully saturated rings. The van der Waals surface area contributed by atoms with Gasteiger partial charge in [0.1, 0.15) is 0 Å². The monoisotopic (exact) mass is 441 g/mol. The van der Waals surface area contributed by atoms with Crippen molar-refractivity contribution in [3.05, 3.63) is 29.8 Å². The molecule has 0 aromatic heterocycles. The molecule has 0 saturated carbocycles. The van der Waals surface area contributed by atoms with Crippen molar-refractivity contribution in [2.45, 2.75) is 66.8 Å².